The highest BCUT2D eigenvalue weighted by molar-refractivity contribution is 5.15. The van der Waals surface area contributed by atoms with Crippen LogP contribution in [0.25, 0.3) is 0 Å². The van der Waals surface area contributed by atoms with Gasteiger partial charge in [-0.3, -0.25) is 4.90 Å². The molecule has 0 aromatic heterocycles. The van der Waals surface area contributed by atoms with E-state index < -0.39 is 0 Å². The first-order valence-corrected chi connectivity index (χ1v) is 6.40. The van der Waals surface area contributed by atoms with Crippen molar-refractivity contribution >= 4 is 0 Å². The zero-order chi connectivity index (χ0) is 11.0. The molecule has 0 spiro atoms. The minimum atomic E-state index is 0.405. The quantitative estimate of drug-likeness (QED) is 0.820. The van der Waals surface area contributed by atoms with E-state index in [1.54, 1.807) is 0 Å². The van der Waals surface area contributed by atoms with Crippen LogP contribution in [0.4, 0.5) is 0 Å². The summed E-state index contributed by atoms with van der Waals surface area (Å²) in [5.74, 6) is 0. The molecule has 0 radical (unpaired) electrons. The third kappa shape index (κ3) is 1.76. The first kappa shape index (κ1) is 10.3. The number of piperidine rings is 1. The van der Waals surface area contributed by atoms with Gasteiger partial charge in [-0.15, -0.1) is 0 Å². The predicted molar refractivity (Wildman–Crippen MR) is 66.0 cm³/mol. The number of hydrogen-bond donors (Lipinski definition) is 1. The van der Waals surface area contributed by atoms with Gasteiger partial charge in [0.1, 0.15) is 0 Å². The summed E-state index contributed by atoms with van der Waals surface area (Å²) >= 11 is 0. The third-order valence-corrected chi connectivity index (χ3v) is 4.23. The summed E-state index contributed by atoms with van der Waals surface area (Å²) in [4.78, 5) is 2.64. The Hall–Kier alpha value is -0.860. The molecule has 2 nitrogen and oxygen atoms in total. The Morgan fingerprint density at radius 1 is 1.06 bits per heavy atom. The van der Waals surface area contributed by atoms with Crippen molar-refractivity contribution in [2.45, 2.75) is 50.4 Å². The van der Waals surface area contributed by atoms with E-state index in [9.17, 15) is 0 Å². The Morgan fingerprint density at radius 3 is 2.62 bits per heavy atom. The second-order valence-corrected chi connectivity index (χ2v) is 5.20. The van der Waals surface area contributed by atoms with Crippen LogP contribution in [0.15, 0.2) is 30.3 Å². The lowest BCUT2D eigenvalue weighted by Crippen LogP contribution is -2.50. The molecule has 16 heavy (non-hydrogen) atoms. The summed E-state index contributed by atoms with van der Waals surface area (Å²) in [6, 6.07) is 12.6. The Kier molecular flexibility index (Phi) is 2.70. The molecule has 1 aromatic carbocycles. The summed E-state index contributed by atoms with van der Waals surface area (Å²) in [5, 5.41) is 0. The average molecular weight is 216 g/mol. The van der Waals surface area contributed by atoms with Crippen LogP contribution in [0.3, 0.4) is 0 Å². The third-order valence-electron chi connectivity index (χ3n) is 4.23. The molecular weight excluding hydrogens is 196 g/mol. The summed E-state index contributed by atoms with van der Waals surface area (Å²) in [6.45, 7) is 1.09. The van der Waals surface area contributed by atoms with Gasteiger partial charge in [-0.05, 0) is 31.2 Å². The van der Waals surface area contributed by atoms with E-state index in [-0.39, 0.29) is 0 Å². The minimum absolute atomic E-state index is 0.405. The predicted octanol–water partition coefficient (Wildman–Crippen LogP) is 2.14. The molecule has 3 atom stereocenters. The standard InChI is InChI=1S/C14H20N2/c15-13-8-6-12-7-9-14(13)16(12)10-11-4-2-1-3-5-11/h1-5,12-14H,6-10,15H2. The molecule has 2 saturated heterocycles. The van der Waals surface area contributed by atoms with E-state index in [0.29, 0.717) is 12.1 Å². The van der Waals surface area contributed by atoms with Gasteiger partial charge in [-0.2, -0.15) is 0 Å². The topological polar surface area (TPSA) is 29.3 Å². The molecule has 0 saturated carbocycles. The van der Waals surface area contributed by atoms with E-state index >= 15 is 0 Å². The zero-order valence-corrected chi connectivity index (χ0v) is 9.68. The van der Waals surface area contributed by atoms with Crippen LogP contribution in [-0.4, -0.2) is 23.0 Å². The lowest BCUT2D eigenvalue weighted by atomic mass is 9.97. The molecule has 0 amide bonds. The molecule has 1 aromatic rings. The number of fused-ring (bicyclic) bond motifs is 2. The van der Waals surface area contributed by atoms with E-state index in [1.165, 1.54) is 31.2 Å². The monoisotopic (exact) mass is 216 g/mol. The second-order valence-electron chi connectivity index (χ2n) is 5.20. The highest BCUT2D eigenvalue weighted by Gasteiger charge is 2.40. The van der Waals surface area contributed by atoms with Crippen LogP contribution in [0, 0.1) is 0 Å². The molecule has 86 valence electrons. The van der Waals surface area contributed by atoms with Crippen molar-refractivity contribution in [2.75, 3.05) is 0 Å². The normalized spacial score (nSPS) is 34.2. The summed E-state index contributed by atoms with van der Waals surface area (Å²) in [6.07, 6.45) is 5.18. The number of rotatable bonds is 2. The Labute approximate surface area is 97.4 Å². The van der Waals surface area contributed by atoms with Crippen LogP contribution in [0.5, 0.6) is 0 Å². The fourth-order valence-electron chi connectivity index (χ4n) is 3.35. The Bertz CT molecular complexity index is 349. The largest absolute Gasteiger partial charge is 0.326 e. The maximum atomic E-state index is 6.22. The number of nitrogens with two attached hydrogens (primary N) is 1. The number of nitrogens with zero attached hydrogens (tertiary/aromatic N) is 1. The minimum Gasteiger partial charge on any atom is -0.326 e. The highest BCUT2D eigenvalue weighted by Crippen LogP contribution is 2.35. The zero-order valence-electron chi connectivity index (χ0n) is 9.68. The van der Waals surface area contributed by atoms with Gasteiger partial charge in [0.25, 0.3) is 0 Å². The average Bonchev–Trinajstić information content (AvgIpc) is 2.60. The van der Waals surface area contributed by atoms with Crippen LogP contribution in [0.1, 0.15) is 31.2 Å². The van der Waals surface area contributed by atoms with Crippen molar-refractivity contribution in [3.05, 3.63) is 35.9 Å². The van der Waals surface area contributed by atoms with Crippen molar-refractivity contribution < 1.29 is 0 Å². The Morgan fingerprint density at radius 2 is 1.81 bits per heavy atom. The van der Waals surface area contributed by atoms with Crippen molar-refractivity contribution in [3.63, 3.8) is 0 Å². The molecule has 2 fully saturated rings. The molecule has 2 aliphatic heterocycles. The van der Waals surface area contributed by atoms with Gasteiger partial charge in [-0.1, -0.05) is 30.3 Å². The maximum Gasteiger partial charge on any atom is 0.0254 e. The summed E-state index contributed by atoms with van der Waals surface area (Å²) < 4.78 is 0. The van der Waals surface area contributed by atoms with Crippen LogP contribution < -0.4 is 5.73 Å². The Balaban J connectivity index is 1.76. The maximum absolute atomic E-state index is 6.22. The van der Waals surface area contributed by atoms with Gasteiger partial charge in [0, 0.05) is 24.7 Å². The van der Waals surface area contributed by atoms with E-state index in [1.807, 2.05) is 0 Å². The lowest BCUT2D eigenvalue weighted by Gasteiger charge is -2.38. The molecule has 2 N–H and O–H groups in total. The smallest absolute Gasteiger partial charge is 0.0254 e. The first-order valence-electron chi connectivity index (χ1n) is 6.40. The van der Waals surface area contributed by atoms with Gasteiger partial charge in [0.05, 0.1) is 0 Å². The van der Waals surface area contributed by atoms with Gasteiger partial charge in [0.15, 0.2) is 0 Å². The molecule has 2 aliphatic rings. The summed E-state index contributed by atoms with van der Waals surface area (Å²) in [7, 11) is 0. The first-order chi connectivity index (χ1) is 7.84. The number of hydrogen-bond acceptors (Lipinski definition) is 2. The van der Waals surface area contributed by atoms with E-state index in [2.05, 4.69) is 35.2 Å². The van der Waals surface area contributed by atoms with Crippen molar-refractivity contribution in [2.24, 2.45) is 5.73 Å². The van der Waals surface area contributed by atoms with E-state index in [0.717, 1.165) is 12.6 Å². The molecule has 0 aliphatic carbocycles. The molecule has 2 bridgehead atoms. The highest BCUT2D eigenvalue weighted by atomic mass is 15.2. The van der Waals surface area contributed by atoms with Crippen LogP contribution >= 0.6 is 0 Å². The molecule has 2 heteroatoms. The molecule has 3 unspecified atom stereocenters. The fraction of sp³-hybridized carbons (Fsp3) is 0.571. The summed E-state index contributed by atoms with van der Waals surface area (Å²) in [5.41, 5.74) is 7.64. The van der Waals surface area contributed by atoms with Crippen molar-refractivity contribution in [1.29, 1.82) is 0 Å². The van der Waals surface area contributed by atoms with Crippen LogP contribution in [-0.2, 0) is 6.54 Å². The molecular formula is C14H20N2. The van der Waals surface area contributed by atoms with Gasteiger partial charge >= 0.3 is 0 Å². The molecule has 3 rings (SSSR count). The lowest BCUT2D eigenvalue weighted by molar-refractivity contribution is 0.115. The molecule has 2 heterocycles. The second kappa shape index (κ2) is 4.19. The van der Waals surface area contributed by atoms with Gasteiger partial charge in [-0.25, -0.2) is 0 Å². The number of benzene rings is 1. The van der Waals surface area contributed by atoms with Crippen molar-refractivity contribution in [1.82, 2.24) is 4.90 Å². The van der Waals surface area contributed by atoms with Gasteiger partial charge in [0.2, 0.25) is 0 Å². The SMILES string of the molecule is NC1CCC2CCC1N2Cc1ccccc1. The fourth-order valence-corrected chi connectivity index (χ4v) is 3.35. The van der Waals surface area contributed by atoms with Crippen molar-refractivity contribution in [3.8, 4) is 0 Å². The van der Waals surface area contributed by atoms with E-state index in [4.69, 9.17) is 5.73 Å². The van der Waals surface area contributed by atoms with Crippen LogP contribution in [0.2, 0.25) is 0 Å². The van der Waals surface area contributed by atoms with Gasteiger partial charge < -0.3 is 5.73 Å².